The molecule has 1 fully saturated rings. The Balaban J connectivity index is 0.000000521. The van der Waals surface area contributed by atoms with Crippen LogP contribution in [0.1, 0.15) is 51.2 Å². The second-order valence-corrected chi connectivity index (χ2v) is 7.26. The van der Waals surface area contributed by atoms with Crippen molar-refractivity contribution < 1.29 is 5.11 Å². The summed E-state index contributed by atoms with van der Waals surface area (Å²) in [5.74, 6) is 0.239. The lowest BCUT2D eigenvalue weighted by molar-refractivity contribution is 0.413. The fourth-order valence-electron chi connectivity index (χ4n) is 2.93. The summed E-state index contributed by atoms with van der Waals surface area (Å²) in [5, 5.41) is 16.8. The molecule has 2 heterocycles. The van der Waals surface area contributed by atoms with Crippen molar-refractivity contribution in [1.82, 2.24) is 20.6 Å². The molecule has 0 unspecified atom stereocenters. The van der Waals surface area contributed by atoms with Gasteiger partial charge in [-0.2, -0.15) is 0 Å². The lowest BCUT2D eigenvalue weighted by Gasteiger charge is -2.12. The van der Waals surface area contributed by atoms with Crippen molar-refractivity contribution in [3.8, 4) is 0 Å². The maximum Gasteiger partial charge on any atom is 0.138 e. The summed E-state index contributed by atoms with van der Waals surface area (Å²) in [5.41, 5.74) is 6.00. The quantitative estimate of drug-likeness (QED) is 0.470. The molecule has 2 aromatic rings. The van der Waals surface area contributed by atoms with Gasteiger partial charge >= 0.3 is 0 Å². The van der Waals surface area contributed by atoms with Crippen LogP contribution >= 0.6 is 0 Å². The Kier molecular flexibility index (Phi) is 9.38. The van der Waals surface area contributed by atoms with E-state index >= 15 is 0 Å². The normalized spacial score (nSPS) is 15.2. The molecular formula is C24H34N4O. The van der Waals surface area contributed by atoms with Crippen LogP contribution < -0.4 is 10.6 Å². The predicted molar refractivity (Wildman–Crippen MR) is 122 cm³/mol. The average molecular weight is 395 g/mol. The van der Waals surface area contributed by atoms with Crippen LogP contribution in [0.5, 0.6) is 0 Å². The van der Waals surface area contributed by atoms with Crippen molar-refractivity contribution in [2.75, 3.05) is 13.1 Å². The summed E-state index contributed by atoms with van der Waals surface area (Å²) < 4.78 is 0. The van der Waals surface area contributed by atoms with Crippen molar-refractivity contribution in [2.24, 2.45) is 0 Å². The van der Waals surface area contributed by atoms with Crippen molar-refractivity contribution in [3.05, 3.63) is 70.9 Å². The van der Waals surface area contributed by atoms with Gasteiger partial charge in [0.25, 0.3) is 0 Å². The number of aliphatic hydroxyl groups excluding tert-OH is 1. The first kappa shape index (κ1) is 22.6. The van der Waals surface area contributed by atoms with Crippen LogP contribution in [0.15, 0.2) is 59.8 Å². The summed E-state index contributed by atoms with van der Waals surface area (Å²) in [7, 11) is 0. The number of hydrogen-bond donors (Lipinski definition) is 3. The Hall–Kier alpha value is -2.66. The van der Waals surface area contributed by atoms with Crippen LogP contribution in [0.4, 0.5) is 0 Å². The van der Waals surface area contributed by atoms with E-state index in [-0.39, 0.29) is 5.76 Å². The molecule has 1 saturated heterocycles. The maximum absolute atomic E-state index is 10.2. The fourth-order valence-corrected chi connectivity index (χ4v) is 2.93. The predicted octanol–water partition coefficient (Wildman–Crippen LogP) is 5.10. The Morgan fingerprint density at radius 3 is 2.34 bits per heavy atom. The maximum atomic E-state index is 10.2. The minimum Gasteiger partial charge on any atom is -0.506 e. The standard InChI is InChI=1S/C20H25N3O.C4H9N/c1-5-14(3)7-8-20(24)17(6-2)23-13-16-12-19-18(11-15(16)4)21-9-10-22-19;1-2-4-5-3-1/h6-12,23-24H,5,13H2,1-4H3;5H,1-4H2/b14-7+,17-6+,20-8+;. The summed E-state index contributed by atoms with van der Waals surface area (Å²) in [6.07, 6.45) is 12.7. The van der Waals surface area contributed by atoms with Gasteiger partial charge in [-0.3, -0.25) is 9.97 Å². The lowest BCUT2D eigenvalue weighted by Crippen LogP contribution is -2.15. The van der Waals surface area contributed by atoms with Crippen molar-refractivity contribution in [3.63, 3.8) is 0 Å². The van der Waals surface area contributed by atoms with E-state index in [1.165, 1.54) is 31.5 Å². The van der Waals surface area contributed by atoms with Gasteiger partial charge in [-0.1, -0.05) is 24.6 Å². The molecule has 1 aromatic carbocycles. The van der Waals surface area contributed by atoms with Crippen LogP contribution in [0.3, 0.4) is 0 Å². The molecule has 0 amide bonds. The Labute approximate surface area is 174 Å². The molecule has 0 radical (unpaired) electrons. The molecule has 1 aromatic heterocycles. The zero-order valence-electron chi connectivity index (χ0n) is 18.1. The molecule has 5 nitrogen and oxygen atoms in total. The minimum absolute atomic E-state index is 0.239. The van der Waals surface area contributed by atoms with E-state index in [1.54, 1.807) is 18.5 Å². The monoisotopic (exact) mass is 394 g/mol. The summed E-state index contributed by atoms with van der Waals surface area (Å²) in [6.45, 7) is 11.2. The summed E-state index contributed by atoms with van der Waals surface area (Å²) >= 11 is 0. The van der Waals surface area contributed by atoms with E-state index in [1.807, 2.05) is 38.1 Å². The largest absolute Gasteiger partial charge is 0.506 e. The Morgan fingerprint density at radius 2 is 1.79 bits per heavy atom. The van der Waals surface area contributed by atoms with Crippen LogP contribution in [-0.4, -0.2) is 28.2 Å². The highest BCUT2D eigenvalue weighted by atomic mass is 16.3. The zero-order chi connectivity index (χ0) is 21.1. The first-order valence-corrected chi connectivity index (χ1v) is 10.4. The van der Waals surface area contributed by atoms with E-state index < -0.39 is 0 Å². The van der Waals surface area contributed by atoms with Gasteiger partial charge in [0, 0.05) is 18.9 Å². The van der Waals surface area contributed by atoms with Crippen molar-refractivity contribution in [1.29, 1.82) is 0 Å². The summed E-state index contributed by atoms with van der Waals surface area (Å²) in [4.78, 5) is 8.67. The lowest BCUT2D eigenvalue weighted by atomic mass is 10.1. The van der Waals surface area contributed by atoms with Crippen LogP contribution in [0.2, 0.25) is 0 Å². The van der Waals surface area contributed by atoms with Gasteiger partial charge in [0.2, 0.25) is 0 Å². The molecule has 3 N–H and O–H groups in total. The number of fused-ring (bicyclic) bond motifs is 1. The molecule has 0 bridgehead atoms. The third kappa shape index (κ3) is 7.35. The number of aromatic nitrogens is 2. The first-order valence-electron chi connectivity index (χ1n) is 10.4. The molecule has 3 rings (SSSR count). The van der Waals surface area contributed by atoms with Crippen LogP contribution in [0.25, 0.3) is 11.0 Å². The first-order chi connectivity index (χ1) is 14.0. The number of nitrogens with zero attached hydrogens (tertiary/aromatic N) is 2. The topological polar surface area (TPSA) is 70.1 Å². The van der Waals surface area contributed by atoms with Crippen LogP contribution in [0, 0.1) is 6.92 Å². The van der Waals surface area contributed by atoms with E-state index in [0.29, 0.717) is 12.2 Å². The highest BCUT2D eigenvalue weighted by molar-refractivity contribution is 5.75. The highest BCUT2D eigenvalue weighted by Gasteiger charge is 2.06. The highest BCUT2D eigenvalue weighted by Crippen LogP contribution is 2.17. The molecule has 5 heteroatoms. The number of allylic oxidation sites excluding steroid dienone is 4. The van der Waals surface area contributed by atoms with Gasteiger partial charge in [-0.05, 0) is 82.5 Å². The second-order valence-electron chi connectivity index (χ2n) is 7.26. The van der Waals surface area contributed by atoms with E-state index in [0.717, 1.165) is 28.6 Å². The fraction of sp³-hybridized carbons (Fsp3) is 0.417. The number of aliphatic hydroxyl groups is 1. The molecule has 156 valence electrons. The molecule has 0 atom stereocenters. The third-order valence-electron chi connectivity index (χ3n) is 5.00. The van der Waals surface area contributed by atoms with Gasteiger partial charge in [0.05, 0.1) is 16.7 Å². The van der Waals surface area contributed by atoms with E-state index in [4.69, 9.17) is 0 Å². The van der Waals surface area contributed by atoms with Gasteiger partial charge in [0.1, 0.15) is 5.76 Å². The number of hydrogen-bond acceptors (Lipinski definition) is 5. The van der Waals surface area contributed by atoms with Gasteiger partial charge in [0.15, 0.2) is 0 Å². The van der Waals surface area contributed by atoms with Crippen LogP contribution in [-0.2, 0) is 6.54 Å². The molecular weight excluding hydrogens is 360 g/mol. The van der Waals surface area contributed by atoms with Crippen molar-refractivity contribution >= 4 is 11.0 Å². The molecule has 1 aliphatic heterocycles. The molecule has 29 heavy (non-hydrogen) atoms. The number of rotatable bonds is 6. The third-order valence-corrected chi connectivity index (χ3v) is 5.00. The van der Waals surface area contributed by atoms with Gasteiger partial charge in [-0.25, -0.2) is 0 Å². The summed E-state index contributed by atoms with van der Waals surface area (Å²) in [6, 6.07) is 4.08. The number of benzene rings is 1. The van der Waals surface area contributed by atoms with E-state index in [9.17, 15) is 5.11 Å². The Bertz CT molecular complexity index is 872. The molecule has 0 saturated carbocycles. The number of nitrogens with one attached hydrogen (secondary N) is 2. The second kappa shape index (κ2) is 12.0. The van der Waals surface area contributed by atoms with Crippen molar-refractivity contribution in [2.45, 2.75) is 53.5 Å². The molecule has 1 aliphatic rings. The molecule has 0 spiro atoms. The number of aryl methyl sites for hydroxylation is 1. The Morgan fingerprint density at radius 1 is 1.14 bits per heavy atom. The van der Waals surface area contributed by atoms with E-state index in [2.05, 4.69) is 34.4 Å². The molecule has 0 aliphatic carbocycles. The van der Waals surface area contributed by atoms with Gasteiger partial charge in [-0.15, -0.1) is 0 Å². The minimum atomic E-state index is 0.239. The SMILES string of the molecule is C1CCNC1.C\C=C(NCc1cc2nccnc2cc1C)/C(O)=C\C=C(/C)CC. The zero-order valence-corrected chi connectivity index (χ0v) is 18.1. The average Bonchev–Trinajstić information content (AvgIpc) is 3.32. The van der Waals surface area contributed by atoms with Gasteiger partial charge < -0.3 is 15.7 Å². The smallest absolute Gasteiger partial charge is 0.138 e.